The average Bonchev–Trinajstić information content (AvgIpc) is 1.76. The van der Waals surface area contributed by atoms with Crippen LogP contribution in [0.25, 0.3) is 0 Å². The van der Waals surface area contributed by atoms with Crippen molar-refractivity contribution in [3.05, 3.63) is 5.44 Å². The van der Waals surface area contributed by atoms with Crippen molar-refractivity contribution in [2.45, 2.75) is 5.32 Å². The molecule has 1 rings (SSSR count). The first kappa shape index (κ1) is 3.38. The molecule has 0 bridgehead atoms. The normalized spacial score (nSPS) is 20.8. The van der Waals surface area contributed by atoms with E-state index in [1.807, 2.05) is 6.21 Å². The first-order valence-corrected chi connectivity index (χ1v) is 3.45. The Bertz CT molecular complexity index is 44.9. The van der Waals surface area contributed by atoms with Crippen LogP contribution < -0.4 is 0 Å². The summed E-state index contributed by atoms with van der Waals surface area (Å²) in [5, 5.41) is 1.16. The summed E-state index contributed by atoms with van der Waals surface area (Å²) in [4.78, 5) is 3.74. The molecule has 5 heavy (non-hydrogen) atoms. The molecule has 0 N–H and O–H groups in total. The van der Waals surface area contributed by atoms with Gasteiger partial charge in [0.1, 0.15) is 0 Å². The summed E-state index contributed by atoms with van der Waals surface area (Å²) < 4.78 is 0. The summed E-state index contributed by atoms with van der Waals surface area (Å²) >= 11 is 0.597. The predicted molar refractivity (Wildman–Crippen MR) is 22.3 cm³/mol. The molecule has 0 fully saturated rings. The molecule has 1 nitrogen and oxygen atoms in total. The number of rotatable bonds is 0. The Morgan fingerprint density at radius 1 is 2.00 bits per heavy atom. The zero-order valence-electron chi connectivity index (χ0n) is 2.64. The molecule has 0 aliphatic carbocycles. The summed E-state index contributed by atoms with van der Waals surface area (Å²) in [7, 11) is 0. The van der Waals surface area contributed by atoms with Crippen LogP contribution in [0.5, 0.6) is 0 Å². The molecule has 0 aromatic carbocycles. The second kappa shape index (κ2) is 1.58. The Kier molecular flexibility index (Phi) is 1.07. The van der Waals surface area contributed by atoms with Crippen LogP contribution in [-0.4, -0.2) is 21.2 Å². The van der Waals surface area contributed by atoms with Gasteiger partial charge in [-0.25, -0.2) is 0 Å². The summed E-state index contributed by atoms with van der Waals surface area (Å²) in [6.45, 7) is 0. The summed E-state index contributed by atoms with van der Waals surface area (Å²) in [6, 6.07) is 0. The minimum absolute atomic E-state index is 0.597. The zero-order valence-corrected chi connectivity index (χ0v) is 4.35. The van der Waals surface area contributed by atoms with Crippen molar-refractivity contribution in [2.75, 3.05) is 0 Å². The monoisotopic (exact) mass is 133 g/mol. The van der Waals surface area contributed by atoms with Gasteiger partial charge in [0.2, 0.25) is 0 Å². The van der Waals surface area contributed by atoms with Crippen LogP contribution >= 0.6 is 0 Å². The molecule has 0 saturated carbocycles. The SMILES string of the molecule is [C]1N=CC[Se]1. The predicted octanol–water partition coefficient (Wildman–Crippen LogP) is 0.190. The molecular weight excluding hydrogens is 129 g/mol. The van der Waals surface area contributed by atoms with E-state index in [1.54, 1.807) is 0 Å². The van der Waals surface area contributed by atoms with Gasteiger partial charge in [-0.15, -0.1) is 0 Å². The van der Waals surface area contributed by atoms with Gasteiger partial charge in [-0.3, -0.25) is 0 Å². The summed E-state index contributed by atoms with van der Waals surface area (Å²) in [5.74, 6) is 0. The number of hydrogen-bond donors (Lipinski definition) is 0. The third-order valence-corrected chi connectivity index (χ3v) is 1.52. The number of aliphatic imine (C=N–C) groups is 1. The van der Waals surface area contributed by atoms with E-state index in [2.05, 4.69) is 10.4 Å². The van der Waals surface area contributed by atoms with E-state index >= 15 is 0 Å². The van der Waals surface area contributed by atoms with Gasteiger partial charge >= 0.3 is 36.9 Å². The Hall–Kier alpha value is 0.189. The quantitative estimate of drug-likeness (QED) is 0.417. The van der Waals surface area contributed by atoms with Gasteiger partial charge in [0.25, 0.3) is 0 Å². The van der Waals surface area contributed by atoms with Gasteiger partial charge in [-0.05, 0) is 0 Å². The van der Waals surface area contributed by atoms with Gasteiger partial charge in [0.15, 0.2) is 0 Å². The van der Waals surface area contributed by atoms with E-state index in [4.69, 9.17) is 0 Å². The molecule has 1 heterocycles. The molecule has 2 heteroatoms. The standard InChI is InChI=1S/C3H3NSe/c1-2-5-3-4-1/h1H,2H2. The molecule has 0 aromatic rings. The molecular formula is C3H3NSe. The van der Waals surface area contributed by atoms with E-state index in [1.165, 1.54) is 0 Å². The summed E-state index contributed by atoms with van der Waals surface area (Å²) in [5.41, 5.74) is 2.85. The molecule has 2 radical (unpaired) electrons. The Labute approximate surface area is 37.6 Å². The Balaban J connectivity index is 2.32. The van der Waals surface area contributed by atoms with Crippen molar-refractivity contribution >= 4 is 21.2 Å². The third-order valence-electron chi connectivity index (χ3n) is 0.366. The van der Waals surface area contributed by atoms with E-state index in [0.29, 0.717) is 15.0 Å². The number of nitrogens with zero attached hydrogens (tertiary/aromatic N) is 1. The van der Waals surface area contributed by atoms with E-state index < -0.39 is 0 Å². The molecule has 0 amide bonds. The van der Waals surface area contributed by atoms with Gasteiger partial charge in [0, 0.05) is 0 Å². The van der Waals surface area contributed by atoms with Crippen molar-refractivity contribution in [3.8, 4) is 0 Å². The van der Waals surface area contributed by atoms with E-state index in [0.717, 1.165) is 5.32 Å². The maximum atomic E-state index is 3.74. The second-order valence-electron chi connectivity index (χ2n) is 0.714. The van der Waals surface area contributed by atoms with Crippen LogP contribution in [-0.2, 0) is 0 Å². The van der Waals surface area contributed by atoms with Gasteiger partial charge in [-0.2, -0.15) is 0 Å². The van der Waals surface area contributed by atoms with Gasteiger partial charge in [0.05, 0.1) is 0 Å². The van der Waals surface area contributed by atoms with Crippen molar-refractivity contribution in [2.24, 2.45) is 4.99 Å². The molecule has 0 unspecified atom stereocenters. The third kappa shape index (κ3) is 0.746. The molecule has 0 spiro atoms. The second-order valence-corrected chi connectivity index (χ2v) is 2.40. The van der Waals surface area contributed by atoms with Crippen molar-refractivity contribution in [3.63, 3.8) is 0 Å². The van der Waals surface area contributed by atoms with E-state index in [9.17, 15) is 0 Å². The summed E-state index contributed by atoms with van der Waals surface area (Å²) in [6.07, 6.45) is 1.90. The van der Waals surface area contributed by atoms with E-state index in [-0.39, 0.29) is 0 Å². The first-order valence-electron chi connectivity index (χ1n) is 1.38. The van der Waals surface area contributed by atoms with Crippen LogP contribution in [0.15, 0.2) is 4.99 Å². The first-order chi connectivity index (χ1) is 2.50. The average molecular weight is 132 g/mol. The topological polar surface area (TPSA) is 12.4 Å². The minimum atomic E-state index is 0.597. The molecule has 26 valence electrons. The maximum absolute atomic E-state index is 3.74. The van der Waals surface area contributed by atoms with Crippen LogP contribution in [0.4, 0.5) is 0 Å². The Morgan fingerprint density at radius 3 is 3.20 bits per heavy atom. The zero-order chi connectivity index (χ0) is 3.54. The van der Waals surface area contributed by atoms with Crippen LogP contribution in [0, 0.1) is 5.44 Å². The fraction of sp³-hybridized carbons (Fsp3) is 0.333. The van der Waals surface area contributed by atoms with Crippen LogP contribution in [0.3, 0.4) is 0 Å². The van der Waals surface area contributed by atoms with Gasteiger partial charge in [-0.1, -0.05) is 0 Å². The molecule has 1 aliphatic heterocycles. The molecule has 0 aromatic heterocycles. The molecule has 1 aliphatic rings. The van der Waals surface area contributed by atoms with Crippen LogP contribution in [0.1, 0.15) is 0 Å². The van der Waals surface area contributed by atoms with Crippen LogP contribution in [0.2, 0.25) is 5.32 Å². The van der Waals surface area contributed by atoms with Crippen molar-refractivity contribution in [1.82, 2.24) is 0 Å². The molecule has 0 atom stereocenters. The van der Waals surface area contributed by atoms with Gasteiger partial charge < -0.3 is 0 Å². The fourth-order valence-electron chi connectivity index (χ4n) is 0.186. The Morgan fingerprint density at radius 2 is 3.00 bits per heavy atom. The van der Waals surface area contributed by atoms with Crippen molar-refractivity contribution in [1.29, 1.82) is 0 Å². The van der Waals surface area contributed by atoms with Crippen molar-refractivity contribution < 1.29 is 0 Å². The fourth-order valence-corrected chi connectivity index (χ4v) is 0.968. The molecule has 0 saturated heterocycles. The number of hydrogen-bond acceptors (Lipinski definition) is 1.